The Morgan fingerprint density at radius 1 is 1.58 bits per heavy atom. The van der Waals surface area contributed by atoms with E-state index in [2.05, 4.69) is 14.7 Å². The number of hydrogen-bond acceptors (Lipinski definition) is 5. The number of aliphatic hydroxyl groups is 1. The molecule has 1 fully saturated rings. The summed E-state index contributed by atoms with van der Waals surface area (Å²) in [6.45, 7) is 2.62. The molecule has 0 amide bonds. The number of rotatable bonds is 6. The minimum Gasteiger partial charge on any atom is -0.394 e. The summed E-state index contributed by atoms with van der Waals surface area (Å²) in [6.07, 6.45) is 3.75. The molecule has 108 valence electrons. The topological polar surface area (TPSA) is 87.5 Å². The summed E-state index contributed by atoms with van der Waals surface area (Å²) in [5.41, 5.74) is 0. The van der Waals surface area contributed by atoms with Crippen LogP contribution in [0.4, 0.5) is 0 Å². The van der Waals surface area contributed by atoms with Gasteiger partial charge in [-0.2, -0.15) is 5.10 Å². The first-order valence-electron chi connectivity index (χ1n) is 6.33. The molecule has 8 heteroatoms. The highest BCUT2D eigenvalue weighted by atomic mass is 32.2. The fourth-order valence-corrected chi connectivity index (χ4v) is 3.28. The van der Waals surface area contributed by atoms with E-state index in [0.29, 0.717) is 19.0 Å². The molecule has 0 spiro atoms. The first-order valence-corrected chi connectivity index (χ1v) is 7.81. The summed E-state index contributed by atoms with van der Waals surface area (Å²) in [7, 11) is -1.46. The predicted octanol–water partition coefficient (Wildman–Crippen LogP) is -0.895. The second-order valence-electron chi connectivity index (χ2n) is 4.93. The first kappa shape index (κ1) is 14.4. The number of nitrogens with one attached hydrogen (secondary N) is 1. The molecule has 1 atom stereocenters. The predicted molar refractivity (Wildman–Crippen MR) is 70.1 cm³/mol. The van der Waals surface area contributed by atoms with E-state index in [4.69, 9.17) is 5.11 Å². The highest BCUT2D eigenvalue weighted by Gasteiger charge is 2.23. The molecule has 1 aliphatic rings. The Bertz CT molecular complexity index is 514. The van der Waals surface area contributed by atoms with Crippen molar-refractivity contribution in [3.05, 3.63) is 12.4 Å². The molecule has 1 unspecified atom stereocenters. The van der Waals surface area contributed by atoms with Gasteiger partial charge in [-0.3, -0.25) is 4.68 Å². The maximum Gasteiger partial charge on any atom is 0.243 e. The van der Waals surface area contributed by atoms with Gasteiger partial charge in [-0.15, -0.1) is 0 Å². The summed E-state index contributed by atoms with van der Waals surface area (Å²) in [6, 6.07) is 0. The van der Waals surface area contributed by atoms with Crippen molar-refractivity contribution in [3.63, 3.8) is 0 Å². The summed E-state index contributed by atoms with van der Waals surface area (Å²) in [5.74, 6) is 0.368. The number of aliphatic hydroxyl groups excluding tert-OH is 1. The molecule has 0 radical (unpaired) electrons. The van der Waals surface area contributed by atoms with Crippen molar-refractivity contribution in [1.29, 1.82) is 0 Å². The molecule has 19 heavy (non-hydrogen) atoms. The molecule has 1 aromatic heterocycles. The van der Waals surface area contributed by atoms with Crippen molar-refractivity contribution < 1.29 is 13.5 Å². The highest BCUT2D eigenvalue weighted by molar-refractivity contribution is 7.89. The van der Waals surface area contributed by atoms with Crippen LogP contribution < -0.4 is 4.72 Å². The summed E-state index contributed by atoms with van der Waals surface area (Å²) in [4.78, 5) is 2.34. The first-order chi connectivity index (χ1) is 9.01. The molecule has 0 saturated carbocycles. The number of sulfonamides is 1. The van der Waals surface area contributed by atoms with Gasteiger partial charge in [-0.25, -0.2) is 13.1 Å². The number of likely N-dealkylation sites (tertiary alicyclic amines) is 1. The molecule has 1 aliphatic heterocycles. The second kappa shape index (κ2) is 6.00. The van der Waals surface area contributed by atoms with E-state index in [9.17, 15) is 8.42 Å². The highest BCUT2D eigenvalue weighted by Crippen LogP contribution is 2.14. The van der Waals surface area contributed by atoms with Crippen LogP contribution in [-0.2, 0) is 16.6 Å². The molecule has 1 saturated heterocycles. The van der Waals surface area contributed by atoms with Crippen LogP contribution in [0, 0.1) is 5.92 Å². The van der Waals surface area contributed by atoms with Crippen LogP contribution in [0.3, 0.4) is 0 Å². The van der Waals surface area contributed by atoms with Crippen molar-refractivity contribution in [1.82, 2.24) is 19.4 Å². The number of aromatic nitrogens is 2. The molecule has 1 aromatic rings. The lowest BCUT2D eigenvalue weighted by atomic mass is 10.1. The van der Waals surface area contributed by atoms with E-state index in [1.165, 1.54) is 17.1 Å². The molecule has 0 bridgehead atoms. The zero-order valence-electron chi connectivity index (χ0n) is 11.0. The van der Waals surface area contributed by atoms with Crippen LogP contribution in [0.2, 0.25) is 0 Å². The fraction of sp³-hybridized carbons (Fsp3) is 0.727. The zero-order valence-corrected chi connectivity index (χ0v) is 11.8. The molecule has 2 N–H and O–H groups in total. The molecular formula is C11H20N4O3S. The maximum atomic E-state index is 12.0. The summed E-state index contributed by atoms with van der Waals surface area (Å²) in [5, 5.41) is 12.7. The van der Waals surface area contributed by atoms with E-state index in [-0.39, 0.29) is 11.5 Å². The quantitative estimate of drug-likeness (QED) is 0.709. The molecule has 7 nitrogen and oxygen atoms in total. The Morgan fingerprint density at radius 2 is 2.37 bits per heavy atom. The zero-order chi connectivity index (χ0) is 13.9. The molecule has 2 rings (SSSR count). The molecule has 2 heterocycles. The Balaban J connectivity index is 1.93. The average molecular weight is 288 g/mol. The van der Waals surface area contributed by atoms with Crippen molar-refractivity contribution >= 4 is 10.0 Å². The lowest BCUT2D eigenvalue weighted by Gasteiger charge is -2.11. The van der Waals surface area contributed by atoms with Crippen LogP contribution >= 0.6 is 0 Å². The maximum absolute atomic E-state index is 12.0. The molecular weight excluding hydrogens is 268 g/mol. The van der Waals surface area contributed by atoms with Crippen molar-refractivity contribution in [2.45, 2.75) is 17.9 Å². The van der Waals surface area contributed by atoms with E-state index < -0.39 is 10.0 Å². The minimum absolute atomic E-state index is 0.0665. The van der Waals surface area contributed by atoms with Gasteiger partial charge in [0.25, 0.3) is 0 Å². The fourth-order valence-electron chi connectivity index (χ4n) is 2.21. The summed E-state index contributed by atoms with van der Waals surface area (Å²) < 4.78 is 28.1. The lowest BCUT2D eigenvalue weighted by molar-refractivity contribution is 0.269. The third-order valence-electron chi connectivity index (χ3n) is 3.30. The van der Waals surface area contributed by atoms with E-state index >= 15 is 0 Å². The van der Waals surface area contributed by atoms with Gasteiger partial charge >= 0.3 is 0 Å². The Kier molecular flexibility index (Phi) is 4.56. The minimum atomic E-state index is -3.50. The third-order valence-corrected chi connectivity index (χ3v) is 4.68. The monoisotopic (exact) mass is 288 g/mol. The smallest absolute Gasteiger partial charge is 0.243 e. The van der Waals surface area contributed by atoms with E-state index in [1.54, 1.807) is 0 Å². The average Bonchev–Trinajstić information content (AvgIpc) is 2.97. The standard InChI is InChI=1S/C11H20N4O3S/c1-14-3-2-10(8-14)6-13-19(17,18)11-7-12-15(9-11)4-5-16/h7,9-10,13,16H,2-6,8H2,1H3. The molecule has 0 aliphatic carbocycles. The van der Waals surface area contributed by atoms with Gasteiger partial charge in [0, 0.05) is 19.3 Å². The number of nitrogens with zero attached hydrogens (tertiary/aromatic N) is 3. The largest absolute Gasteiger partial charge is 0.394 e. The van der Waals surface area contributed by atoms with Gasteiger partial charge in [0.15, 0.2) is 0 Å². The van der Waals surface area contributed by atoms with Crippen LogP contribution in [0.25, 0.3) is 0 Å². The normalized spacial score (nSPS) is 21.1. The van der Waals surface area contributed by atoms with Gasteiger partial charge in [0.1, 0.15) is 4.90 Å². The van der Waals surface area contributed by atoms with Crippen LogP contribution in [0.1, 0.15) is 6.42 Å². The van der Waals surface area contributed by atoms with Gasteiger partial charge in [-0.05, 0) is 25.9 Å². The van der Waals surface area contributed by atoms with Crippen molar-refractivity contribution in [2.24, 2.45) is 5.92 Å². The Labute approximate surface area is 113 Å². The van der Waals surface area contributed by atoms with Crippen LogP contribution in [0.5, 0.6) is 0 Å². The van der Waals surface area contributed by atoms with E-state index in [1.807, 2.05) is 7.05 Å². The Morgan fingerprint density at radius 3 is 3.00 bits per heavy atom. The SMILES string of the molecule is CN1CCC(CNS(=O)(=O)c2cnn(CCO)c2)C1. The van der Waals surface area contributed by atoms with Gasteiger partial charge in [0.2, 0.25) is 10.0 Å². The van der Waals surface area contributed by atoms with Gasteiger partial charge in [-0.1, -0.05) is 0 Å². The van der Waals surface area contributed by atoms with Gasteiger partial charge < -0.3 is 10.0 Å². The van der Waals surface area contributed by atoms with Crippen molar-refractivity contribution in [3.8, 4) is 0 Å². The lowest BCUT2D eigenvalue weighted by Crippen LogP contribution is -2.30. The van der Waals surface area contributed by atoms with Crippen LogP contribution in [0.15, 0.2) is 17.3 Å². The Hall–Kier alpha value is -0.960. The van der Waals surface area contributed by atoms with Crippen LogP contribution in [-0.4, -0.2) is 61.5 Å². The summed E-state index contributed by atoms with van der Waals surface area (Å²) >= 11 is 0. The van der Waals surface area contributed by atoms with E-state index in [0.717, 1.165) is 19.5 Å². The second-order valence-corrected chi connectivity index (χ2v) is 6.70. The van der Waals surface area contributed by atoms with Crippen molar-refractivity contribution in [2.75, 3.05) is 33.3 Å². The van der Waals surface area contributed by atoms with Gasteiger partial charge in [0.05, 0.1) is 19.3 Å². The molecule has 0 aromatic carbocycles. The number of hydrogen-bond donors (Lipinski definition) is 2. The third kappa shape index (κ3) is 3.75.